The zero-order valence-electron chi connectivity index (χ0n) is 14.3. The molecule has 2 aliphatic rings. The Kier molecular flexibility index (Phi) is 6.65. The highest BCUT2D eigenvalue weighted by Crippen LogP contribution is 2.26. The van der Waals surface area contributed by atoms with Crippen LogP contribution in [0.25, 0.3) is 0 Å². The van der Waals surface area contributed by atoms with Crippen molar-refractivity contribution in [3.05, 3.63) is 0 Å². The summed E-state index contributed by atoms with van der Waals surface area (Å²) in [4.78, 5) is 27.0. The van der Waals surface area contributed by atoms with Crippen LogP contribution < -0.4 is 10.6 Å². The average molecular weight is 326 g/mol. The maximum Gasteiger partial charge on any atom is 0.317 e. The topological polar surface area (TPSA) is 84.9 Å². The van der Waals surface area contributed by atoms with Gasteiger partial charge in [-0.25, -0.2) is 4.79 Å². The monoisotopic (exact) mass is 326 g/mol. The lowest BCUT2D eigenvalue weighted by Gasteiger charge is -2.42. The molecule has 0 aromatic rings. The molecular formula is C16H30N4O3. The Bertz CT molecular complexity index is 408. The Hall–Kier alpha value is -1.34. The summed E-state index contributed by atoms with van der Waals surface area (Å²) in [6, 6.07) is 1.05. The number of carbonyl (C=O) groups is 2. The number of carboxylic acids is 1. The lowest BCUT2D eigenvalue weighted by atomic mass is 9.85. The average Bonchev–Trinajstić information content (AvgIpc) is 3.29. The molecule has 0 atom stereocenters. The van der Waals surface area contributed by atoms with Crippen molar-refractivity contribution in [1.29, 1.82) is 0 Å². The zero-order chi connectivity index (χ0) is 16.8. The molecule has 0 bridgehead atoms. The predicted octanol–water partition coefficient (Wildman–Crippen LogP) is 0.707. The van der Waals surface area contributed by atoms with Crippen molar-refractivity contribution in [3.63, 3.8) is 0 Å². The number of nitrogens with zero attached hydrogens (tertiary/aromatic N) is 2. The van der Waals surface area contributed by atoms with Gasteiger partial charge in [-0.15, -0.1) is 0 Å². The minimum absolute atomic E-state index is 0.0775. The number of carbonyl (C=O) groups excluding carboxylic acids is 1. The smallest absolute Gasteiger partial charge is 0.317 e. The molecule has 2 amide bonds. The van der Waals surface area contributed by atoms with Crippen molar-refractivity contribution in [3.8, 4) is 0 Å². The van der Waals surface area contributed by atoms with Crippen LogP contribution >= 0.6 is 0 Å². The van der Waals surface area contributed by atoms with Crippen LogP contribution in [0.1, 0.15) is 39.5 Å². The molecule has 0 spiro atoms. The summed E-state index contributed by atoms with van der Waals surface area (Å²) in [5, 5.41) is 14.8. The molecule has 0 unspecified atom stereocenters. The lowest BCUT2D eigenvalue weighted by molar-refractivity contribution is -0.139. The minimum atomic E-state index is -0.794. The third kappa shape index (κ3) is 5.66. The summed E-state index contributed by atoms with van der Waals surface area (Å²) in [5.41, 5.74) is 0. The number of likely N-dealkylation sites (N-methyl/N-ethyl adjacent to an activating group) is 2. The fourth-order valence-electron chi connectivity index (χ4n) is 3.26. The van der Waals surface area contributed by atoms with Gasteiger partial charge in [0.05, 0.1) is 6.54 Å². The van der Waals surface area contributed by atoms with Crippen molar-refractivity contribution < 1.29 is 14.7 Å². The van der Waals surface area contributed by atoms with Gasteiger partial charge in [-0.3, -0.25) is 14.6 Å². The number of amides is 2. The molecule has 0 aromatic heterocycles. The van der Waals surface area contributed by atoms with Crippen LogP contribution in [0.4, 0.5) is 4.79 Å². The first-order chi connectivity index (χ1) is 11.0. The second kappa shape index (κ2) is 8.49. The normalized spacial score (nSPS) is 23.7. The number of urea groups is 1. The number of nitrogens with one attached hydrogen (secondary N) is 2. The van der Waals surface area contributed by atoms with E-state index in [2.05, 4.69) is 22.5 Å². The molecule has 3 N–H and O–H groups in total. The molecule has 2 saturated carbocycles. The fourth-order valence-corrected chi connectivity index (χ4v) is 3.26. The lowest BCUT2D eigenvalue weighted by Crippen LogP contribution is -2.56. The van der Waals surface area contributed by atoms with Crippen LogP contribution in [0.3, 0.4) is 0 Å². The molecule has 2 aliphatic carbocycles. The Morgan fingerprint density at radius 2 is 1.74 bits per heavy atom. The van der Waals surface area contributed by atoms with E-state index in [9.17, 15) is 9.59 Å². The van der Waals surface area contributed by atoms with E-state index < -0.39 is 5.97 Å². The Balaban J connectivity index is 1.57. The molecule has 0 saturated heterocycles. The third-order valence-electron chi connectivity index (χ3n) is 4.86. The van der Waals surface area contributed by atoms with E-state index in [1.54, 1.807) is 0 Å². The molecule has 132 valence electrons. The van der Waals surface area contributed by atoms with Crippen LogP contribution in [0.5, 0.6) is 0 Å². The fraction of sp³-hybridized carbons (Fsp3) is 0.875. The minimum Gasteiger partial charge on any atom is -0.480 e. The highest BCUT2D eigenvalue weighted by atomic mass is 16.4. The van der Waals surface area contributed by atoms with E-state index in [0.29, 0.717) is 6.54 Å². The molecule has 0 aliphatic heterocycles. The first-order valence-electron chi connectivity index (χ1n) is 8.77. The SMILES string of the molecule is CCN(CCNC(=O)NC1CC(N(CC)CC(=O)O)C1)C1CC1. The third-order valence-corrected chi connectivity index (χ3v) is 4.86. The van der Waals surface area contributed by atoms with Crippen molar-refractivity contribution in [2.75, 3.05) is 32.7 Å². The summed E-state index contributed by atoms with van der Waals surface area (Å²) in [6.45, 7) is 7.54. The zero-order valence-corrected chi connectivity index (χ0v) is 14.3. The van der Waals surface area contributed by atoms with Gasteiger partial charge < -0.3 is 15.7 Å². The molecule has 0 radical (unpaired) electrons. The number of hydrogen-bond acceptors (Lipinski definition) is 4. The summed E-state index contributed by atoms with van der Waals surface area (Å²) < 4.78 is 0. The van der Waals surface area contributed by atoms with Crippen molar-refractivity contribution in [2.24, 2.45) is 0 Å². The Morgan fingerprint density at radius 3 is 2.26 bits per heavy atom. The van der Waals surface area contributed by atoms with Crippen LogP contribution in [0.15, 0.2) is 0 Å². The quantitative estimate of drug-likeness (QED) is 0.550. The number of carboxylic acid groups (broad SMARTS) is 1. The van der Waals surface area contributed by atoms with Gasteiger partial charge in [0.2, 0.25) is 0 Å². The van der Waals surface area contributed by atoms with Gasteiger partial charge in [0.25, 0.3) is 0 Å². The maximum atomic E-state index is 11.9. The van der Waals surface area contributed by atoms with Crippen LogP contribution in [0, 0.1) is 0 Å². The summed E-state index contributed by atoms with van der Waals surface area (Å²) >= 11 is 0. The van der Waals surface area contributed by atoms with Gasteiger partial charge in [-0.05, 0) is 38.8 Å². The van der Waals surface area contributed by atoms with E-state index in [1.807, 2.05) is 11.8 Å². The van der Waals surface area contributed by atoms with Gasteiger partial charge in [-0.2, -0.15) is 0 Å². The number of hydrogen-bond donors (Lipinski definition) is 3. The molecule has 2 fully saturated rings. The van der Waals surface area contributed by atoms with E-state index in [4.69, 9.17) is 5.11 Å². The highest BCUT2D eigenvalue weighted by molar-refractivity contribution is 5.74. The van der Waals surface area contributed by atoms with E-state index >= 15 is 0 Å². The summed E-state index contributed by atoms with van der Waals surface area (Å²) in [6.07, 6.45) is 4.23. The number of rotatable bonds is 10. The second-order valence-electron chi connectivity index (χ2n) is 6.54. The van der Waals surface area contributed by atoms with Crippen LogP contribution in [-0.2, 0) is 4.79 Å². The van der Waals surface area contributed by atoms with Gasteiger partial charge in [0.1, 0.15) is 0 Å². The van der Waals surface area contributed by atoms with Crippen molar-refractivity contribution in [2.45, 2.75) is 57.7 Å². The molecular weight excluding hydrogens is 296 g/mol. The van der Waals surface area contributed by atoms with E-state index in [-0.39, 0.29) is 24.7 Å². The molecule has 7 heteroatoms. The van der Waals surface area contributed by atoms with Crippen molar-refractivity contribution in [1.82, 2.24) is 20.4 Å². The molecule has 0 aromatic carbocycles. The molecule has 0 heterocycles. The standard InChI is InChI=1S/C16H30N4O3/c1-3-19(13-5-6-13)8-7-17-16(23)18-12-9-14(10-12)20(4-2)11-15(21)22/h12-14H,3-11H2,1-2H3,(H,21,22)(H2,17,18,23). The van der Waals surface area contributed by atoms with E-state index in [0.717, 1.165) is 38.5 Å². The second-order valence-corrected chi connectivity index (χ2v) is 6.54. The van der Waals surface area contributed by atoms with Crippen LogP contribution in [-0.4, -0.2) is 77.8 Å². The van der Waals surface area contributed by atoms with Gasteiger partial charge in [-0.1, -0.05) is 13.8 Å². The van der Waals surface area contributed by atoms with E-state index in [1.165, 1.54) is 12.8 Å². The van der Waals surface area contributed by atoms with Gasteiger partial charge in [0.15, 0.2) is 0 Å². The maximum absolute atomic E-state index is 11.9. The van der Waals surface area contributed by atoms with Crippen molar-refractivity contribution >= 4 is 12.0 Å². The molecule has 23 heavy (non-hydrogen) atoms. The predicted molar refractivity (Wildman–Crippen MR) is 88.5 cm³/mol. The van der Waals surface area contributed by atoms with Gasteiger partial charge >= 0.3 is 12.0 Å². The van der Waals surface area contributed by atoms with Crippen LogP contribution in [0.2, 0.25) is 0 Å². The summed E-state index contributed by atoms with van der Waals surface area (Å²) in [5.74, 6) is -0.794. The highest BCUT2D eigenvalue weighted by Gasteiger charge is 2.34. The largest absolute Gasteiger partial charge is 0.480 e. The summed E-state index contributed by atoms with van der Waals surface area (Å²) in [7, 11) is 0. The van der Waals surface area contributed by atoms with Gasteiger partial charge in [0, 0.05) is 31.2 Å². The molecule has 7 nitrogen and oxygen atoms in total. The Labute approximate surface area is 138 Å². The first kappa shape index (κ1) is 18.0. The Morgan fingerprint density at radius 1 is 1.09 bits per heavy atom. The first-order valence-corrected chi connectivity index (χ1v) is 8.77. The molecule has 2 rings (SSSR count). The number of aliphatic carboxylic acids is 1.